The predicted octanol–water partition coefficient (Wildman–Crippen LogP) is 4.17. The number of nitrogens with one attached hydrogen (secondary N) is 1. The van der Waals surface area contributed by atoms with Crippen molar-refractivity contribution in [2.75, 3.05) is 20.3 Å². The molecule has 0 unspecified atom stereocenters. The Kier molecular flexibility index (Phi) is 6.98. The monoisotopic (exact) mass is 473 g/mol. The first-order valence-electron chi connectivity index (χ1n) is 11.5. The van der Waals surface area contributed by atoms with Gasteiger partial charge in [0.2, 0.25) is 5.54 Å². The number of esters is 2. The van der Waals surface area contributed by atoms with Crippen LogP contribution in [0.1, 0.15) is 35.8 Å². The normalized spacial score (nSPS) is 16.4. The zero-order valence-electron chi connectivity index (χ0n) is 19.9. The standard InChI is InChI=1S/C28H27NO6/c1-4-34-26(31)28(27(32)35-5-2)17-23(24(29-28)19-12-14-22(33-3)15-13-19)25(30)21-11-10-18-8-6-7-9-20(18)16-21/h6-17,24,29H,4-5H2,1-3H3/t24-/m0/s1. The third-order valence-electron chi connectivity index (χ3n) is 5.97. The Morgan fingerprint density at radius 1 is 0.857 bits per heavy atom. The van der Waals surface area contributed by atoms with E-state index in [2.05, 4.69) is 5.32 Å². The van der Waals surface area contributed by atoms with Gasteiger partial charge in [0.25, 0.3) is 0 Å². The molecule has 1 N–H and O–H groups in total. The van der Waals surface area contributed by atoms with Crippen LogP contribution in [0.25, 0.3) is 10.8 Å². The second kappa shape index (κ2) is 10.1. The van der Waals surface area contributed by atoms with E-state index in [9.17, 15) is 14.4 Å². The molecule has 1 atom stereocenters. The first-order valence-corrected chi connectivity index (χ1v) is 11.5. The Balaban J connectivity index is 1.84. The van der Waals surface area contributed by atoms with E-state index in [0.29, 0.717) is 16.9 Å². The van der Waals surface area contributed by atoms with Gasteiger partial charge in [0.15, 0.2) is 5.78 Å². The SMILES string of the molecule is CCOC(=O)C1(C(=O)OCC)C=C(C(=O)c2ccc3ccccc3c2)[C@H](c2ccc(OC)cc2)N1. The van der Waals surface area contributed by atoms with Gasteiger partial charge in [0.05, 0.1) is 26.4 Å². The number of Topliss-reactive ketones (excluding diaryl/α,β-unsaturated/α-hetero) is 1. The van der Waals surface area contributed by atoms with E-state index in [1.165, 1.54) is 6.08 Å². The molecule has 4 rings (SSSR count). The fourth-order valence-corrected chi connectivity index (χ4v) is 4.23. The van der Waals surface area contributed by atoms with Gasteiger partial charge in [-0.05, 0) is 54.5 Å². The molecule has 1 heterocycles. The van der Waals surface area contributed by atoms with Crippen LogP contribution < -0.4 is 10.1 Å². The predicted molar refractivity (Wildman–Crippen MR) is 131 cm³/mol. The maximum Gasteiger partial charge on any atom is 0.342 e. The molecule has 1 aliphatic heterocycles. The quantitative estimate of drug-likeness (QED) is 0.298. The van der Waals surface area contributed by atoms with Gasteiger partial charge in [-0.2, -0.15) is 0 Å². The van der Waals surface area contributed by atoms with Crippen molar-refractivity contribution in [3.63, 3.8) is 0 Å². The molecule has 3 aromatic carbocycles. The van der Waals surface area contributed by atoms with E-state index in [1.807, 2.05) is 30.3 Å². The minimum absolute atomic E-state index is 0.0661. The molecule has 0 bridgehead atoms. The number of hydrogen-bond acceptors (Lipinski definition) is 7. The second-order valence-corrected chi connectivity index (χ2v) is 8.09. The van der Waals surface area contributed by atoms with Gasteiger partial charge < -0.3 is 14.2 Å². The van der Waals surface area contributed by atoms with Gasteiger partial charge in [-0.1, -0.05) is 48.5 Å². The highest BCUT2D eigenvalue weighted by Gasteiger charge is 2.54. The summed E-state index contributed by atoms with van der Waals surface area (Å²) in [6.45, 7) is 3.43. The van der Waals surface area contributed by atoms with Crippen LogP contribution in [0.3, 0.4) is 0 Å². The first kappa shape index (κ1) is 24.2. The highest BCUT2D eigenvalue weighted by atomic mass is 16.6. The third kappa shape index (κ3) is 4.55. The van der Waals surface area contributed by atoms with Crippen molar-refractivity contribution >= 4 is 28.5 Å². The van der Waals surface area contributed by atoms with Gasteiger partial charge in [-0.25, -0.2) is 9.59 Å². The van der Waals surface area contributed by atoms with Crippen LogP contribution in [0.2, 0.25) is 0 Å². The Morgan fingerprint density at radius 3 is 2.09 bits per heavy atom. The van der Waals surface area contributed by atoms with Crippen LogP contribution in [0, 0.1) is 0 Å². The maximum absolute atomic E-state index is 13.8. The topological polar surface area (TPSA) is 90.9 Å². The van der Waals surface area contributed by atoms with Crippen molar-refractivity contribution in [1.82, 2.24) is 5.32 Å². The van der Waals surface area contributed by atoms with Crippen LogP contribution in [-0.2, 0) is 19.1 Å². The number of benzene rings is 3. The van der Waals surface area contributed by atoms with Crippen molar-refractivity contribution < 1.29 is 28.6 Å². The van der Waals surface area contributed by atoms with E-state index in [4.69, 9.17) is 14.2 Å². The lowest BCUT2D eigenvalue weighted by Gasteiger charge is -2.26. The van der Waals surface area contributed by atoms with E-state index < -0.39 is 23.5 Å². The molecule has 180 valence electrons. The van der Waals surface area contributed by atoms with E-state index in [0.717, 1.165) is 10.8 Å². The zero-order valence-corrected chi connectivity index (χ0v) is 19.9. The molecule has 3 aromatic rings. The summed E-state index contributed by atoms with van der Waals surface area (Å²) in [4.78, 5) is 40.0. The van der Waals surface area contributed by atoms with Crippen LogP contribution in [0.4, 0.5) is 0 Å². The molecule has 0 amide bonds. The number of ketones is 1. The van der Waals surface area contributed by atoms with E-state index in [-0.39, 0.29) is 24.6 Å². The van der Waals surface area contributed by atoms with Crippen LogP contribution >= 0.6 is 0 Å². The number of carbonyl (C=O) groups excluding carboxylic acids is 3. The van der Waals surface area contributed by atoms with Gasteiger partial charge >= 0.3 is 11.9 Å². The Morgan fingerprint density at radius 2 is 1.49 bits per heavy atom. The number of methoxy groups -OCH3 is 1. The van der Waals surface area contributed by atoms with Crippen LogP contribution in [0.15, 0.2) is 78.4 Å². The summed E-state index contributed by atoms with van der Waals surface area (Å²) in [6.07, 6.45) is 1.36. The summed E-state index contributed by atoms with van der Waals surface area (Å²) in [7, 11) is 1.56. The van der Waals surface area contributed by atoms with Crippen molar-refractivity contribution in [1.29, 1.82) is 0 Å². The number of fused-ring (bicyclic) bond motifs is 1. The fraction of sp³-hybridized carbons (Fsp3) is 0.250. The fourth-order valence-electron chi connectivity index (χ4n) is 4.23. The Labute approximate surface area is 203 Å². The summed E-state index contributed by atoms with van der Waals surface area (Å²) < 4.78 is 15.7. The zero-order chi connectivity index (χ0) is 25.0. The summed E-state index contributed by atoms with van der Waals surface area (Å²) in [6, 6.07) is 19.5. The molecule has 7 heteroatoms. The second-order valence-electron chi connectivity index (χ2n) is 8.09. The average molecular weight is 474 g/mol. The lowest BCUT2D eigenvalue weighted by molar-refractivity contribution is -0.162. The summed E-state index contributed by atoms with van der Waals surface area (Å²) >= 11 is 0. The Bertz CT molecular complexity index is 1280. The highest BCUT2D eigenvalue weighted by Crippen LogP contribution is 2.37. The highest BCUT2D eigenvalue weighted by molar-refractivity contribution is 6.16. The lowest BCUT2D eigenvalue weighted by Crippen LogP contribution is -2.56. The van der Waals surface area contributed by atoms with E-state index in [1.54, 1.807) is 57.4 Å². The molecular formula is C28H27NO6. The molecule has 0 aliphatic carbocycles. The summed E-state index contributed by atoms with van der Waals surface area (Å²) in [5.74, 6) is -1.31. The third-order valence-corrected chi connectivity index (χ3v) is 5.97. The summed E-state index contributed by atoms with van der Waals surface area (Å²) in [5.41, 5.74) is -0.564. The van der Waals surface area contributed by atoms with Crippen LogP contribution in [-0.4, -0.2) is 43.6 Å². The molecule has 0 saturated carbocycles. The number of hydrogen-bond donors (Lipinski definition) is 1. The first-order chi connectivity index (χ1) is 16.9. The summed E-state index contributed by atoms with van der Waals surface area (Å²) in [5, 5.41) is 4.97. The molecule has 0 saturated heterocycles. The number of ether oxygens (including phenoxy) is 3. The molecule has 0 radical (unpaired) electrons. The smallest absolute Gasteiger partial charge is 0.342 e. The van der Waals surface area contributed by atoms with Gasteiger partial charge in [-0.3, -0.25) is 10.1 Å². The molecular weight excluding hydrogens is 446 g/mol. The largest absolute Gasteiger partial charge is 0.497 e. The molecule has 35 heavy (non-hydrogen) atoms. The van der Waals surface area contributed by atoms with Crippen molar-refractivity contribution in [3.05, 3.63) is 89.5 Å². The lowest BCUT2D eigenvalue weighted by atomic mass is 9.92. The number of rotatable bonds is 8. The average Bonchev–Trinajstić information content (AvgIpc) is 3.30. The minimum atomic E-state index is -1.95. The van der Waals surface area contributed by atoms with Gasteiger partial charge in [-0.15, -0.1) is 0 Å². The van der Waals surface area contributed by atoms with Crippen LogP contribution in [0.5, 0.6) is 5.75 Å². The molecule has 1 aliphatic rings. The van der Waals surface area contributed by atoms with Crippen molar-refractivity contribution in [2.24, 2.45) is 0 Å². The number of carbonyl (C=O) groups is 3. The molecule has 7 nitrogen and oxygen atoms in total. The van der Waals surface area contributed by atoms with Crippen molar-refractivity contribution in [2.45, 2.75) is 25.4 Å². The Hall–Kier alpha value is -3.97. The van der Waals surface area contributed by atoms with Gasteiger partial charge in [0, 0.05) is 11.1 Å². The van der Waals surface area contributed by atoms with Crippen molar-refractivity contribution in [3.8, 4) is 5.75 Å². The van der Waals surface area contributed by atoms with E-state index >= 15 is 0 Å². The molecule has 0 aromatic heterocycles. The molecule has 0 spiro atoms. The minimum Gasteiger partial charge on any atom is -0.497 e. The van der Waals surface area contributed by atoms with Gasteiger partial charge in [0.1, 0.15) is 5.75 Å². The molecule has 0 fully saturated rings. The maximum atomic E-state index is 13.8.